The van der Waals surface area contributed by atoms with E-state index in [1.54, 1.807) is 0 Å². The summed E-state index contributed by atoms with van der Waals surface area (Å²) in [6.45, 7) is 0.100. The second-order valence-electron chi connectivity index (χ2n) is 3.22. The van der Waals surface area contributed by atoms with Crippen LogP contribution < -0.4 is 5.73 Å². The normalized spacial score (nSPS) is 32.3. The van der Waals surface area contributed by atoms with Gasteiger partial charge >= 0.3 is 5.97 Å². The molecule has 0 bridgehead atoms. The molecular weight excluding hydrogens is 182 g/mol. The molecule has 4 N–H and O–H groups in total. The van der Waals surface area contributed by atoms with Crippen LogP contribution in [-0.4, -0.2) is 28.3 Å². The third kappa shape index (κ3) is 2.62. The van der Waals surface area contributed by atoms with Crippen LogP contribution in [0.2, 0.25) is 0 Å². The van der Waals surface area contributed by atoms with Crippen molar-refractivity contribution in [3.63, 3.8) is 0 Å². The molecule has 2 unspecified atom stereocenters. The first-order chi connectivity index (χ1) is 5.08. The van der Waals surface area contributed by atoms with Gasteiger partial charge in [-0.3, -0.25) is 4.79 Å². The lowest BCUT2D eigenvalue weighted by atomic mass is 10.1. The van der Waals surface area contributed by atoms with Crippen molar-refractivity contribution in [3.8, 4) is 0 Å². The molecule has 4 nitrogen and oxygen atoms in total. The van der Waals surface area contributed by atoms with Gasteiger partial charge in [-0.05, 0) is 18.8 Å². The third-order valence-corrected chi connectivity index (χ3v) is 2.24. The monoisotopic (exact) mass is 195 g/mol. The number of aliphatic hydroxyl groups excluding tert-OH is 1. The van der Waals surface area contributed by atoms with E-state index in [2.05, 4.69) is 0 Å². The van der Waals surface area contributed by atoms with Crippen molar-refractivity contribution >= 4 is 18.4 Å². The lowest BCUT2D eigenvalue weighted by molar-refractivity contribution is -0.137. The van der Waals surface area contributed by atoms with Crippen molar-refractivity contribution < 1.29 is 15.0 Å². The van der Waals surface area contributed by atoms with E-state index in [1.807, 2.05) is 0 Å². The zero-order chi connectivity index (χ0) is 8.48. The van der Waals surface area contributed by atoms with Crippen LogP contribution in [-0.2, 0) is 4.79 Å². The number of rotatable bonds is 4. The Morgan fingerprint density at radius 1 is 1.67 bits per heavy atom. The van der Waals surface area contributed by atoms with Gasteiger partial charge in [0.1, 0.15) is 0 Å². The standard InChI is InChI=1S/C7H13NO3.ClH/c8-7(4-6(10)11)3-5(7)1-2-9;/h5,9H,1-4,8H2,(H,10,11);1H. The van der Waals surface area contributed by atoms with Crippen molar-refractivity contribution in [1.82, 2.24) is 0 Å². The van der Waals surface area contributed by atoms with Crippen LogP contribution in [0.4, 0.5) is 0 Å². The Hall–Kier alpha value is -0.320. The molecule has 0 aromatic rings. The summed E-state index contributed by atoms with van der Waals surface area (Å²) in [7, 11) is 0. The molecule has 1 saturated carbocycles. The van der Waals surface area contributed by atoms with Gasteiger partial charge in [-0.15, -0.1) is 12.4 Å². The van der Waals surface area contributed by atoms with Gasteiger partial charge in [0, 0.05) is 12.1 Å². The number of aliphatic hydroxyl groups is 1. The molecule has 0 aromatic heterocycles. The average Bonchev–Trinajstić information content (AvgIpc) is 2.40. The minimum atomic E-state index is -0.854. The Labute approximate surface area is 77.2 Å². The van der Waals surface area contributed by atoms with Crippen LogP contribution in [0.3, 0.4) is 0 Å². The zero-order valence-corrected chi connectivity index (χ0v) is 7.51. The number of halogens is 1. The fourth-order valence-electron chi connectivity index (χ4n) is 1.44. The first kappa shape index (κ1) is 11.7. The molecule has 0 radical (unpaired) electrons. The fraction of sp³-hybridized carbons (Fsp3) is 0.857. The minimum Gasteiger partial charge on any atom is -0.481 e. The van der Waals surface area contributed by atoms with E-state index in [9.17, 15) is 4.79 Å². The molecule has 0 aromatic carbocycles. The quantitative estimate of drug-likeness (QED) is 0.589. The molecular formula is C7H14ClNO3. The van der Waals surface area contributed by atoms with Crippen LogP contribution in [0.1, 0.15) is 19.3 Å². The topological polar surface area (TPSA) is 83.6 Å². The van der Waals surface area contributed by atoms with Gasteiger partial charge < -0.3 is 15.9 Å². The maximum absolute atomic E-state index is 10.3. The predicted octanol–water partition coefficient (Wildman–Crippen LogP) is -0.0173. The van der Waals surface area contributed by atoms with Gasteiger partial charge in [0.25, 0.3) is 0 Å². The highest BCUT2D eigenvalue weighted by Crippen LogP contribution is 2.45. The Balaban J connectivity index is 0.00000121. The number of carboxylic acid groups (broad SMARTS) is 1. The summed E-state index contributed by atoms with van der Waals surface area (Å²) < 4.78 is 0. The summed E-state index contributed by atoms with van der Waals surface area (Å²) in [5, 5.41) is 17.0. The van der Waals surface area contributed by atoms with E-state index < -0.39 is 11.5 Å². The van der Waals surface area contributed by atoms with Crippen molar-refractivity contribution in [1.29, 1.82) is 0 Å². The summed E-state index contributed by atoms with van der Waals surface area (Å²) in [4.78, 5) is 10.3. The first-order valence-electron chi connectivity index (χ1n) is 3.70. The molecule has 1 aliphatic rings. The van der Waals surface area contributed by atoms with Crippen LogP contribution >= 0.6 is 12.4 Å². The van der Waals surface area contributed by atoms with E-state index in [-0.39, 0.29) is 31.4 Å². The molecule has 0 aliphatic heterocycles. The van der Waals surface area contributed by atoms with Gasteiger partial charge in [-0.1, -0.05) is 0 Å². The number of hydrogen-bond donors (Lipinski definition) is 3. The highest BCUT2D eigenvalue weighted by Gasteiger charge is 2.51. The molecule has 0 amide bonds. The maximum Gasteiger partial charge on any atom is 0.305 e. The number of nitrogens with two attached hydrogens (primary N) is 1. The molecule has 0 saturated heterocycles. The number of carboxylic acids is 1. The molecule has 2 atom stereocenters. The molecule has 1 fully saturated rings. The number of hydrogen-bond acceptors (Lipinski definition) is 3. The zero-order valence-electron chi connectivity index (χ0n) is 6.69. The highest BCUT2D eigenvalue weighted by molar-refractivity contribution is 5.85. The van der Waals surface area contributed by atoms with Gasteiger partial charge in [0.05, 0.1) is 6.42 Å². The molecule has 12 heavy (non-hydrogen) atoms. The Morgan fingerprint density at radius 3 is 2.67 bits per heavy atom. The third-order valence-electron chi connectivity index (χ3n) is 2.24. The van der Waals surface area contributed by atoms with E-state index in [0.717, 1.165) is 6.42 Å². The second kappa shape index (κ2) is 4.07. The van der Waals surface area contributed by atoms with Gasteiger partial charge in [0.15, 0.2) is 0 Å². The summed E-state index contributed by atoms with van der Waals surface area (Å²) in [6.07, 6.45) is 1.39. The second-order valence-corrected chi connectivity index (χ2v) is 3.22. The van der Waals surface area contributed by atoms with Crippen LogP contribution in [0.15, 0.2) is 0 Å². The first-order valence-corrected chi connectivity index (χ1v) is 3.70. The number of aliphatic carboxylic acids is 1. The SMILES string of the molecule is Cl.NC1(CC(=O)O)CC1CCO. The fourth-order valence-corrected chi connectivity index (χ4v) is 1.44. The van der Waals surface area contributed by atoms with Gasteiger partial charge in [-0.25, -0.2) is 0 Å². The molecule has 1 rings (SSSR count). The Morgan fingerprint density at radius 2 is 2.25 bits per heavy atom. The molecule has 0 heterocycles. The van der Waals surface area contributed by atoms with E-state index >= 15 is 0 Å². The minimum absolute atomic E-state index is 0. The van der Waals surface area contributed by atoms with Crippen molar-refractivity contribution in [2.75, 3.05) is 6.61 Å². The van der Waals surface area contributed by atoms with Crippen molar-refractivity contribution in [3.05, 3.63) is 0 Å². The smallest absolute Gasteiger partial charge is 0.305 e. The van der Waals surface area contributed by atoms with Crippen LogP contribution in [0.25, 0.3) is 0 Å². The van der Waals surface area contributed by atoms with Gasteiger partial charge in [-0.2, -0.15) is 0 Å². The Bertz CT molecular complexity index is 176. The average molecular weight is 196 g/mol. The predicted molar refractivity (Wildman–Crippen MR) is 46.2 cm³/mol. The highest BCUT2D eigenvalue weighted by atomic mass is 35.5. The lowest BCUT2D eigenvalue weighted by Gasteiger charge is -2.06. The van der Waals surface area contributed by atoms with Crippen molar-refractivity contribution in [2.45, 2.75) is 24.8 Å². The summed E-state index contributed by atoms with van der Waals surface area (Å²) in [5.74, 6) is -0.642. The molecule has 72 valence electrons. The molecule has 0 spiro atoms. The molecule has 5 heteroatoms. The Kier molecular flexibility index (Phi) is 3.96. The summed E-state index contributed by atoms with van der Waals surface area (Å²) >= 11 is 0. The maximum atomic E-state index is 10.3. The largest absolute Gasteiger partial charge is 0.481 e. The lowest BCUT2D eigenvalue weighted by Crippen LogP contribution is -2.28. The van der Waals surface area contributed by atoms with Crippen molar-refractivity contribution in [2.24, 2.45) is 11.7 Å². The van der Waals surface area contributed by atoms with E-state index in [4.69, 9.17) is 15.9 Å². The van der Waals surface area contributed by atoms with E-state index in [1.165, 1.54) is 0 Å². The summed E-state index contributed by atoms with van der Waals surface area (Å²) in [5.41, 5.74) is 5.17. The van der Waals surface area contributed by atoms with Crippen LogP contribution in [0.5, 0.6) is 0 Å². The number of carbonyl (C=O) groups is 1. The van der Waals surface area contributed by atoms with Gasteiger partial charge in [0.2, 0.25) is 0 Å². The van der Waals surface area contributed by atoms with E-state index in [0.29, 0.717) is 6.42 Å². The van der Waals surface area contributed by atoms with Crippen LogP contribution in [0, 0.1) is 5.92 Å². The summed E-state index contributed by atoms with van der Waals surface area (Å²) in [6, 6.07) is 0. The molecule has 1 aliphatic carbocycles.